The molecule has 1 atom stereocenters. The van der Waals surface area contributed by atoms with Crippen molar-refractivity contribution in [3.05, 3.63) is 56.3 Å². The number of pyridine rings is 1. The van der Waals surface area contributed by atoms with Crippen LogP contribution in [0.1, 0.15) is 32.7 Å². The zero-order valence-electron chi connectivity index (χ0n) is 12.9. The second-order valence-corrected chi connectivity index (χ2v) is 7.49. The minimum Gasteiger partial charge on any atom is -0.360 e. The summed E-state index contributed by atoms with van der Waals surface area (Å²) in [5.74, 6) is -0.571. The van der Waals surface area contributed by atoms with Gasteiger partial charge < -0.3 is 10.6 Å². The molecule has 1 aliphatic rings. The van der Waals surface area contributed by atoms with Crippen molar-refractivity contribution in [2.45, 2.75) is 20.0 Å². The number of aryl methyl sites for hydroxylation is 2. The third kappa shape index (κ3) is 2.22. The summed E-state index contributed by atoms with van der Waals surface area (Å²) in [6.07, 6.45) is -0.608. The van der Waals surface area contributed by atoms with E-state index in [0.29, 0.717) is 10.4 Å². The first-order chi connectivity index (χ1) is 11.5. The van der Waals surface area contributed by atoms with Crippen LogP contribution in [0.25, 0.3) is 10.2 Å². The predicted octanol–water partition coefficient (Wildman–Crippen LogP) is 4.67. The standard InChI is InChI=1S/C17H13BrFN3OS/c1-7-11-13-14(24-17(11)20-8(2)12(7)18)16(23)22-15(21-13)9-5-3-4-6-10(9)19/h3-6,15,21H,1-2H3,(H,22,23). The smallest absolute Gasteiger partial charge is 0.265 e. The zero-order valence-corrected chi connectivity index (χ0v) is 15.3. The Hall–Kier alpha value is -1.99. The number of amides is 1. The highest BCUT2D eigenvalue weighted by atomic mass is 79.9. The summed E-state index contributed by atoms with van der Waals surface area (Å²) in [5.41, 5.74) is 3.03. The molecule has 2 N–H and O–H groups in total. The zero-order chi connectivity index (χ0) is 17.0. The minimum atomic E-state index is -0.608. The van der Waals surface area contributed by atoms with Crippen LogP contribution in [0, 0.1) is 19.7 Å². The molecule has 1 aromatic carbocycles. The number of anilines is 1. The van der Waals surface area contributed by atoms with E-state index in [1.54, 1.807) is 18.2 Å². The quantitative estimate of drug-likeness (QED) is 0.618. The van der Waals surface area contributed by atoms with Gasteiger partial charge in [0.1, 0.15) is 21.7 Å². The van der Waals surface area contributed by atoms with E-state index >= 15 is 0 Å². The van der Waals surface area contributed by atoms with Crippen molar-refractivity contribution in [2.24, 2.45) is 0 Å². The van der Waals surface area contributed by atoms with E-state index in [-0.39, 0.29) is 11.7 Å². The van der Waals surface area contributed by atoms with Gasteiger partial charge in [0.25, 0.3) is 5.91 Å². The number of fused-ring (bicyclic) bond motifs is 3. The van der Waals surface area contributed by atoms with E-state index in [9.17, 15) is 9.18 Å². The Kier molecular flexibility index (Phi) is 3.58. The van der Waals surface area contributed by atoms with Crippen LogP contribution in [-0.4, -0.2) is 10.9 Å². The van der Waals surface area contributed by atoms with Gasteiger partial charge in [0.05, 0.1) is 11.4 Å². The maximum atomic E-state index is 14.1. The highest BCUT2D eigenvalue weighted by Gasteiger charge is 2.31. The van der Waals surface area contributed by atoms with Gasteiger partial charge in [-0.15, -0.1) is 11.3 Å². The third-order valence-corrected chi connectivity index (χ3v) is 6.42. The monoisotopic (exact) mass is 405 g/mol. The molecule has 1 amide bonds. The lowest BCUT2D eigenvalue weighted by Crippen LogP contribution is -2.38. The van der Waals surface area contributed by atoms with Crippen molar-refractivity contribution < 1.29 is 9.18 Å². The molecule has 1 aliphatic heterocycles. The van der Waals surface area contributed by atoms with Crippen LogP contribution >= 0.6 is 27.3 Å². The molecule has 122 valence electrons. The molecular formula is C17H13BrFN3OS. The lowest BCUT2D eigenvalue weighted by Gasteiger charge is -2.27. The van der Waals surface area contributed by atoms with E-state index in [2.05, 4.69) is 31.5 Å². The average Bonchev–Trinajstić information content (AvgIpc) is 2.92. The normalized spacial score (nSPS) is 16.7. The van der Waals surface area contributed by atoms with Gasteiger partial charge in [-0.25, -0.2) is 9.37 Å². The number of halogens is 2. The number of nitrogens with one attached hydrogen (secondary N) is 2. The van der Waals surface area contributed by atoms with Gasteiger partial charge in [0.2, 0.25) is 0 Å². The highest BCUT2D eigenvalue weighted by Crippen LogP contribution is 2.43. The maximum Gasteiger partial charge on any atom is 0.265 e. The van der Waals surface area contributed by atoms with Crippen LogP contribution in [0.15, 0.2) is 28.7 Å². The van der Waals surface area contributed by atoms with E-state index in [4.69, 9.17) is 0 Å². The molecule has 0 spiro atoms. The van der Waals surface area contributed by atoms with Gasteiger partial charge >= 0.3 is 0 Å². The van der Waals surface area contributed by atoms with Gasteiger partial charge in [-0.2, -0.15) is 0 Å². The molecule has 0 aliphatic carbocycles. The first-order valence-corrected chi connectivity index (χ1v) is 8.99. The van der Waals surface area contributed by atoms with Crippen LogP contribution in [0.3, 0.4) is 0 Å². The Morgan fingerprint density at radius 2 is 2.00 bits per heavy atom. The van der Waals surface area contributed by atoms with Gasteiger partial charge in [-0.3, -0.25) is 4.79 Å². The number of hydrogen-bond acceptors (Lipinski definition) is 4. The first-order valence-electron chi connectivity index (χ1n) is 7.38. The number of hydrogen-bond donors (Lipinski definition) is 2. The van der Waals surface area contributed by atoms with Crippen LogP contribution in [-0.2, 0) is 0 Å². The van der Waals surface area contributed by atoms with Gasteiger partial charge in [-0.1, -0.05) is 18.2 Å². The Morgan fingerprint density at radius 3 is 2.75 bits per heavy atom. The number of rotatable bonds is 1. The number of aromatic nitrogens is 1. The van der Waals surface area contributed by atoms with E-state index in [1.807, 2.05) is 13.8 Å². The summed E-state index contributed by atoms with van der Waals surface area (Å²) in [4.78, 5) is 18.5. The molecule has 2 aromatic heterocycles. The molecule has 4 nitrogen and oxygen atoms in total. The summed E-state index contributed by atoms with van der Waals surface area (Å²) in [7, 11) is 0. The molecule has 0 saturated heterocycles. The Balaban J connectivity index is 1.91. The van der Waals surface area contributed by atoms with E-state index in [0.717, 1.165) is 31.6 Å². The van der Waals surface area contributed by atoms with Crippen LogP contribution < -0.4 is 10.6 Å². The second kappa shape index (κ2) is 5.53. The molecule has 0 bridgehead atoms. The molecule has 1 unspecified atom stereocenters. The van der Waals surface area contributed by atoms with Gasteiger partial charge in [0.15, 0.2) is 0 Å². The molecule has 0 radical (unpaired) electrons. The second-order valence-electron chi connectivity index (χ2n) is 5.69. The summed E-state index contributed by atoms with van der Waals surface area (Å²) in [6.45, 7) is 3.91. The molecule has 0 saturated carbocycles. The number of nitrogens with zero attached hydrogens (tertiary/aromatic N) is 1. The number of carbonyl (C=O) groups is 1. The fourth-order valence-electron chi connectivity index (χ4n) is 2.97. The van der Waals surface area contributed by atoms with E-state index < -0.39 is 6.17 Å². The molecular weight excluding hydrogens is 393 g/mol. The first kappa shape index (κ1) is 15.5. The van der Waals surface area contributed by atoms with Crippen LogP contribution in [0.4, 0.5) is 10.1 Å². The fourth-order valence-corrected chi connectivity index (χ4v) is 4.40. The SMILES string of the molecule is Cc1nc2sc3c(c2c(C)c1Br)NC(c1ccccc1F)NC3=O. The van der Waals surface area contributed by atoms with Gasteiger partial charge in [0, 0.05) is 15.4 Å². The Morgan fingerprint density at radius 1 is 1.25 bits per heavy atom. The summed E-state index contributed by atoms with van der Waals surface area (Å²) >= 11 is 4.90. The number of carbonyl (C=O) groups excluding carboxylic acids is 1. The number of benzene rings is 1. The minimum absolute atomic E-state index is 0.215. The molecule has 3 aromatic rings. The van der Waals surface area contributed by atoms with Crippen molar-refractivity contribution in [2.75, 3.05) is 5.32 Å². The number of thiophene rings is 1. The molecule has 7 heteroatoms. The lowest BCUT2D eigenvalue weighted by molar-refractivity contribution is 0.0939. The molecule has 0 fully saturated rings. The average molecular weight is 406 g/mol. The van der Waals surface area contributed by atoms with E-state index in [1.165, 1.54) is 17.4 Å². The Labute approximate surface area is 150 Å². The predicted molar refractivity (Wildman–Crippen MR) is 97.0 cm³/mol. The molecule has 3 heterocycles. The van der Waals surface area contributed by atoms with Crippen LogP contribution in [0.5, 0.6) is 0 Å². The van der Waals surface area contributed by atoms with Crippen molar-refractivity contribution in [1.29, 1.82) is 0 Å². The Bertz CT molecular complexity index is 1000. The van der Waals surface area contributed by atoms with Crippen molar-refractivity contribution in [3.8, 4) is 0 Å². The lowest BCUT2D eigenvalue weighted by atomic mass is 10.1. The van der Waals surface area contributed by atoms with Crippen molar-refractivity contribution in [3.63, 3.8) is 0 Å². The topological polar surface area (TPSA) is 54.0 Å². The molecule has 24 heavy (non-hydrogen) atoms. The maximum absolute atomic E-state index is 14.1. The van der Waals surface area contributed by atoms with Gasteiger partial charge in [-0.05, 0) is 41.4 Å². The summed E-state index contributed by atoms with van der Waals surface area (Å²) < 4.78 is 15.0. The largest absolute Gasteiger partial charge is 0.360 e. The summed E-state index contributed by atoms with van der Waals surface area (Å²) in [5, 5.41) is 7.00. The highest BCUT2D eigenvalue weighted by molar-refractivity contribution is 9.10. The van der Waals surface area contributed by atoms with Crippen molar-refractivity contribution in [1.82, 2.24) is 10.3 Å². The fraction of sp³-hybridized carbons (Fsp3) is 0.176. The summed E-state index contributed by atoms with van der Waals surface area (Å²) in [6, 6.07) is 6.43. The molecule has 4 rings (SSSR count). The van der Waals surface area contributed by atoms with Crippen molar-refractivity contribution >= 4 is 49.1 Å². The van der Waals surface area contributed by atoms with Crippen LogP contribution in [0.2, 0.25) is 0 Å². The third-order valence-electron chi connectivity index (χ3n) is 4.17.